The van der Waals surface area contributed by atoms with Gasteiger partial charge in [-0.15, -0.1) is 0 Å². The van der Waals surface area contributed by atoms with E-state index < -0.39 is 10.0 Å². The topological polar surface area (TPSA) is 62.1 Å². The van der Waals surface area contributed by atoms with Crippen molar-refractivity contribution in [1.82, 2.24) is 9.21 Å². The van der Waals surface area contributed by atoms with Crippen molar-refractivity contribution in [3.8, 4) is 0 Å². The van der Waals surface area contributed by atoms with Gasteiger partial charge in [-0.2, -0.15) is 4.31 Å². The van der Waals surface area contributed by atoms with Crippen molar-refractivity contribution < 1.29 is 18.1 Å². The van der Waals surface area contributed by atoms with Crippen LogP contribution in [-0.2, 0) is 14.8 Å². The highest BCUT2D eigenvalue weighted by Crippen LogP contribution is 2.28. The SMILES string of the molecule is O=C(C[NH+]1CCCC1)N1CCN(S(=O)(=O)c2cc(Cl)ccc2Cl)CC1. The Balaban J connectivity index is 1.63. The van der Waals surface area contributed by atoms with E-state index in [1.165, 1.54) is 34.2 Å². The molecule has 138 valence electrons. The molecule has 2 aliphatic rings. The maximum atomic E-state index is 12.8. The Morgan fingerprint density at radius 2 is 1.72 bits per heavy atom. The van der Waals surface area contributed by atoms with Crippen molar-refractivity contribution in [2.24, 2.45) is 0 Å². The summed E-state index contributed by atoms with van der Waals surface area (Å²) < 4.78 is 27.0. The Morgan fingerprint density at radius 1 is 1.08 bits per heavy atom. The second-order valence-electron chi connectivity index (χ2n) is 6.49. The Bertz CT molecular complexity index is 743. The van der Waals surface area contributed by atoms with Gasteiger partial charge in [-0.05, 0) is 18.2 Å². The highest BCUT2D eigenvalue weighted by atomic mass is 35.5. The molecule has 25 heavy (non-hydrogen) atoms. The Labute approximate surface area is 158 Å². The van der Waals surface area contributed by atoms with Crippen LogP contribution in [-0.4, -0.2) is 69.3 Å². The van der Waals surface area contributed by atoms with Crippen LogP contribution in [0.25, 0.3) is 0 Å². The van der Waals surface area contributed by atoms with E-state index in [2.05, 4.69) is 0 Å². The molecule has 0 bridgehead atoms. The van der Waals surface area contributed by atoms with Crippen molar-refractivity contribution in [2.75, 3.05) is 45.8 Å². The van der Waals surface area contributed by atoms with E-state index in [0.717, 1.165) is 13.1 Å². The van der Waals surface area contributed by atoms with Gasteiger partial charge in [-0.1, -0.05) is 23.2 Å². The molecule has 2 heterocycles. The molecule has 0 spiro atoms. The van der Waals surface area contributed by atoms with Gasteiger partial charge in [0.15, 0.2) is 6.54 Å². The summed E-state index contributed by atoms with van der Waals surface area (Å²) in [4.78, 5) is 15.5. The van der Waals surface area contributed by atoms with Gasteiger partial charge >= 0.3 is 0 Å². The van der Waals surface area contributed by atoms with Gasteiger partial charge in [0.1, 0.15) is 4.90 Å². The number of nitrogens with one attached hydrogen (secondary N) is 1. The molecule has 0 saturated carbocycles. The third-order valence-corrected chi connectivity index (χ3v) is 7.43. The third-order valence-electron chi connectivity index (χ3n) is 4.81. The van der Waals surface area contributed by atoms with Gasteiger partial charge in [0.05, 0.1) is 18.1 Å². The van der Waals surface area contributed by atoms with E-state index in [-0.39, 0.29) is 28.9 Å². The molecule has 0 aromatic heterocycles. The molecule has 1 N–H and O–H groups in total. The van der Waals surface area contributed by atoms with Crippen LogP contribution in [0, 0.1) is 0 Å². The lowest BCUT2D eigenvalue weighted by Crippen LogP contribution is -3.11. The van der Waals surface area contributed by atoms with E-state index in [9.17, 15) is 13.2 Å². The molecule has 0 aliphatic carbocycles. The van der Waals surface area contributed by atoms with Gasteiger partial charge in [0.25, 0.3) is 5.91 Å². The fraction of sp³-hybridized carbons (Fsp3) is 0.562. The molecule has 0 radical (unpaired) electrons. The number of carbonyl (C=O) groups excluding carboxylic acids is 1. The highest BCUT2D eigenvalue weighted by Gasteiger charge is 2.32. The molecule has 1 amide bonds. The summed E-state index contributed by atoms with van der Waals surface area (Å²) in [5, 5.41) is 0.478. The van der Waals surface area contributed by atoms with Crippen LogP contribution >= 0.6 is 23.2 Å². The predicted octanol–water partition coefficient (Wildman–Crippen LogP) is 0.505. The van der Waals surface area contributed by atoms with Gasteiger partial charge in [-0.3, -0.25) is 4.79 Å². The zero-order valence-electron chi connectivity index (χ0n) is 13.9. The molecule has 1 aromatic carbocycles. The molecular formula is C16H22Cl2N3O3S+. The van der Waals surface area contributed by atoms with Crippen molar-refractivity contribution in [2.45, 2.75) is 17.7 Å². The summed E-state index contributed by atoms with van der Waals surface area (Å²) in [5.41, 5.74) is 0. The first-order valence-corrected chi connectivity index (χ1v) is 10.6. The number of piperazine rings is 1. The van der Waals surface area contributed by atoms with Crippen molar-refractivity contribution in [1.29, 1.82) is 0 Å². The molecule has 9 heteroatoms. The first kappa shape index (κ1) is 18.9. The lowest BCUT2D eigenvalue weighted by Gasteiger charge is -2.34. The standard InChI is InChI=1S/C16H21Cl2N3O3S/c17-13-3-4-14(18)15(11-13)25(23,24)21-9-7-20(8-10-21)16(22)12-19-5-1-2-6-19/h3-4,11H,1-2,5-10,12H2/p+1. The van der Waals surface area contributed by atoms with Crippen LogP contribution in [0.4, 0.5) is 0 Å². The monoisotopic (exact) mass is 406 g/mol. The molecule has 1 aromatic rings. The number of nitrogens with zero attached hydrogens (tertiary/aromatic N) is 2. The number of likely N-dealkylation sites (tertiary alicyclic amines) is 1. The number of quaternary nitrogens is 1. The molecular weight excluding hydrogens is 385 g/mol. The lowest BCUT2D eigenvalue weighted by molar-refractivity contribution is -0.879. The average Bonchev–Trinajstić information content (AvgIpc) is 3.10. The zero-order valence-corrected chi connectivity index (χ0v) is 16.2. The van der Waals surface area contributed by atoms with E-state index in [1.807, 2.05) is 0 Å². The van der Waals surface area contributed by atoms with Gasteiger partial charge in [-0.25, -0.2) is 8.42 Å². The van der Waals surface area contributed by atoms with Gasteiger partial charge in [0.2, 0.25) is 10.0 Å². The summed E-state index contributed by atoms with van der Waals surface area (Å²) in [6.45, 7) is 3.96. The molecule has 0 atom stereocenters. The Hall–Kier alpha value is -0.860. The fourth-order valence-electron chi connectivity index (χ4n) is 3.37. The number of hydrogen-bond donors (Lipinski definition) is 1. The number of amides is 1. The minimum absolute atomic E-state index is 0.0166. The summed E-state index contributed by atoms with van der Waals surface area (Å²) >= 11 is 12.0. The predicted molar refractivity (Wildman–Crippen MR) is 96.6 cm³/mol. The maximum Gasteiger partial charge on any atom is 0.277 e. The summed E-state index contributed by atoms with van der Waals surface area (Å²) in [6, 6.07) is 4.41. The van der Waals surface area contributed by atoms with Crippen LogP contribution in [0.15, 0.2) is 23.1 Å². The van der Waals surface area contributed by atoms with Crippen LogP contribution < -0.4 is 4.90 Å². The zero-order chi connectivity index (χ0) is 18.0. The molecule has 2 saturated heterocycles. The normalized spacial score (nSPS) is 20.2. The average molecular weight is 407 g/mol. The minimum Gasteiger partial charge on any atom is -0.335 e. The smallest absolute Gasteiger partial charge is 0.277 e. The number of sulfonamides is 1. The molecule has 0 unspecified atom stereocenters. The molecule has 6 nitrogen and oxygen atoms in total. The Kier molecular flexibility index (Phi) is 5.90. The summed E-state index contributed by atoms with van der Waals surface area (Å²) in [5.74, 6) is 0.106. The first-order valence-electron chi connectivity index (χ1n) is 8.44. The van der Waals surface area contributed by atoms with E-state index in [0.29, 0.717) is 24.7 Å². The molecule has 3 rings (SSSR count). The third kappa shape index (κ3) is 4.28. The fourth-order valence-corrected chi connectivity index (χ4v) is 5.53. The van der Waals surface area contributed by atoms with E-state index >= 15 is 0 Å². The van der Waals surface area contributed by atoms with Crippen LogP contribution in [0.2, 0.25) is 10.0 Å². The van der Waals surface area contributed by atoms with Crippen LogP contribution in [0.5, 0.6) is 0 Å². The van der Waals surface area contributed by atoms with Crippen molar-refractivity contribution >= 4 is 39.1 Å². The highest BCUT2D eigenvalue weighted by molar-refractivity contribution is 7.89. The summed E-state index contributed by atoms with van der Waals surface area (Å²) in [7, 11) is -3.71. The summed E-state index contributed by atoms with van der Waals surface area (Å²) in [6.07, 6.45) is 2.35. The van der Waals surface area contributed by atoms with Gasteiger partial charge in [0, 0.05) is 44.0 Å². The van der Waals surface area contributed by atoms with Crippen LogP contribution in [0.3, 0.4) is 0 Å². The largest absolute Gasteiger partial charge is 0.335 e. The lowest BCUT2D eigenvalue weighted by atomic mass is 10.3. The Morgan fingerprint density at radius 3 is 2.36 bits per heavy atom. The van der Waals surface area contributed by atoms with Gasteiger partial charge < -0.3 is 9.80 Å². The number of benzene rings is 1. The minimum atomic E-state index is -3.71. The van der Waals surface area contributed by atoms with E-state index in [4.69, 9.17) is 23.2 Å². The van der Waals surface area contributed by atoms with Crippen molar-refractivity contribution in [3.05, 3.63) is 28.2 Å². The second kappa shape index (κ2) is 7.80. The van der Waals surface area contributed by atoms with Crippen molar-refractivity contribution in [3.63, 3.8) is 0 Å². The second-order valence-corrected chi connectivity index (χ2v) is 9.24. The maximum absolute atomic E-state index is 12.8. The van der Waals surface area contributed by atoms with E-state index in [1.54, 1.807) is 11.0 Å². The number of hydrogen-bond acceptors (Lipinski definition) is 3. The quantitative estimate of drug-likeness (QED) is 0.791. The molecule has 2 fully saturated rings. The number of halogens is 2. The molecule has 2 aliphatic heterocycles. The number of carbonyl (C=O) groups is 1. The van der Waals surface area contributed by atoms with Crippen LogP contribution in [0.1, 0.15) is 12.8 Å². The number of rotatable bonds is 4. The first-order chi connectivity index (χ1) is 11.9.